The average Bonchev–Trinajstić information content (AvgIpc) is 2.99. The smallest absolute Gasteiger partial charge is 0.273 e. The van der Waals surface area contributed by atoms with E-state index in [4.69, 9.17) is 9.15 Å². The maximum Gasteiger partial charge on any atom is 0.273 e. The maximum absolute atomic E-state index is 11.5. The van der Waals surface area contributed by atoms with Crippen LogP contribution in [0.15, 0.2) is 21.6 Å². The van der Waals surface area contributed by atoms with E-state index in [1.807, 2.05) is 0 Å². The summed E-state index contributed by atoms with van der Waals surface area (Å²) in [6.07, 6.45) is 2.13. The largest absolute Gasteiger partial charge is 0.447 e. The van der Waals surface area contributed by atoms with Crippen LogP contribution in [-0.2, 0) is 21.3 Å². The number of hydrogen-bond acceptors (Lipinski definition) is 5. The molecule has 1 saturated heterocycles. The van der Waals surface area contributed by atoms with E-state index in [0.717, 1.165) is 26.0 Å². The second kappa shape index (κ2) is 5.62. The highest BCUT2D eigenvalue weighted by molar-refractivity contribution is 7.89. The van der Waals surface area contributed by atoms with E-state index < -0.39 is 10.0 Å². The summed E-state index contributed by atoms with van der Waals surface area (Å²) < 4.78 is 36.2. The zero-order chi connectivity index (χ0) is 13.9. The Morgan fingerprint density at radius 3 is 2.84 bits per heavy atom. The standard InChI is InChI=1S/C12H20N2O4S/c1-12(6-3-7-17-12)9-14-8-10-4-5-11(18-10)19(15,16)13-2/h4-5,13-14H,3,6-9H2,1-2H3. The first-order chi connectivity index (χ1) is 8.95. The van der Waals surface area contributed by atoms with Crippen molar-refractivity contribution >= 4 is 10.0 Å². The van der Waals surface area contributed by atoms with Crippen molar-refractivity contribution in [1.82, 2.24) is 10.0 Å². The summed E-state index contributed by atoms with van der Waals surface area (Å²) in [5.74, 6) is 0.593. The monoisotopic (exact) mass is 288 g/mol. The van der Waals surface area contributed by atoms with Crippen molar-refractivity contribution in [3.8, 4) is 0 Å². The molecule has 1 aromatic rings. The molecule has 6 nitrogen and oxygen atoms in total. The van der Waals surface area contributed by atoms with Crippen LogP contribution < -0.4 is 10.0 Å². The van der Waals surface area contributed by atoms with Crippen molar-refractivity contribution in [3.63, 3.8) is 0 Å². The molecule has 0 bridgehead atoms. The van der Waals surface area contributed by atoms with Crippen LogP contribution in [0.25, 0.3) is 0 Å². The molecule has 108 valence electrons. The minimum atomic E-state index is -3.50. The molecule has 0 amide bonds. The molecule has 2 N–H and O–H groups in total. The molecule has 0 saturated carbocycles. The lowest BCUT2D eigenvalue weighted by atomic mass is 10.0. The normalized spacial score (nSPS) is 23.9. The van der Waals surface area contributed by atoms with Crippen molar-refractivity contribution in [3.05, 3.63) is 17.9 Å². The van der Waals surface area contributed by atoms with Gasteiger partial charge < -0.3 is 14.5 Å². The van der Waals surface area contributed by atoms with E-state index in [2.05, 4.69) is 17.0 Å². The van der Waals surface area contributed by atoms with Crippen LogP contribution in [-0.4, -0.2) is 34.2 Å². The minimum Gasteiger partial charge on any atom is -0.447 e. The zero-order valence-corrected chi connectivity index (χ0v) is 12.0. The average molecular weight is 288 g/mol. The fraction of sp³-hybridized carbons (Fsp3) is 0.667. The quantitative estimate of drug-likeness (QED) is 0.811. The molecule has 7 heteroatoms. The second-order valence-corrected chi connectivity index (χ2v) is 6.75. The van der Waals surface area contributed by atoms with Gasteiger partial charge in [0.15, 0.2) is 0 Å². The summed E-state index contributed by atoms with van der Waals surface area (Å²) in [5.41, 5.74) is -0.119. The number of ether oxygens (including phenoxy) is 1. The van der Waals surface area contributed by atoms with Crippen LogP contribution in [0, 0.1) is 0 Å². The third-order valence-electron chi connectivity index (χ3n) is 3.27. The summed E-state index contributed by atoms with van der Waals surface area (Å²) in [5, 5.41) is 3.17. The Balaban J connectivity index is 1.87. The lowest BCUT2D eigenvalue weighted by Crippen LogP contribution is -2.36. The first-order valence-electron chi connectivity index (χ1n) is 6.32. The highest BCUT2D eigenvalue weighted by Crippen LogP contribution is 2.24. The van der Waals surface area contributed by atoms with Crippen molar-refractivity contribution in [2.75, 3.05) is 20.2 Å². The van der Waals surface area contributed by atoms with Crippen LogP contribution in [0.4, 0.5) is 0 Å². The Bertz CT molecular complexity index is 518. The van der Waals surface area contributed by atoms with Gasteiger partial charge in [0.1, 0.15) is 5.76 Å². The highest BCUT2D eigenvalue weighted by atomic mass is 32.2. The van der Waals surface area contributed by atoms with Gasteiger partial charge in [-0.05, 0) is 38.9 Å². The molecule has 0 spiro atoms. The molecule has 19 heavy (non-hydrogen) atoms. The van der Waals surface area contributed by atoms with Crippen LogP contribution in [0.5, 0.6) is 0 Å². The zero-order valence-electron chi connectivity index (χ0n) is 11.2. The van der Waals surface area contributed by atoms with E-state index in [0.29, 0.717) is 12.3 Å². The van der Waals surface area contributed by atoms with Crippen LogP contribution in [0.1, 0.15) is 25.5 Å². The summed E-state index contributed by atoms with van der Waals surface area (Å²) in [4.78, 5) is 0. The third kappa shape index (κ3) is 3.56. The summed E-state index contributed by atoms with van der Waals surface area (Å²) in [6, 6.07) is 3.12. The molecule has 1 aliphatic rings. The second-order valence-electron chi connectivity index (χ2n) is 4.93. The fourth-order valence-electron chi connectivity index (χ4n) is 2.12. The molecule has 1 aromatic heterocycles. The number of rotatable bonds is 6. The van der Waals surface area contributed by atoms with E-state index in [9.17, 15) is 8.42 Å². The molecule has 2 heterocycles. The number of hydrogen-bond donors (Lipinski definition) is 2. The molecule has 0 aromatic carbocycles. The summed E-state index contributed by atoms with van der Waals surface area (Å²) in [7, 11) is -2.14. The van der Waals surface area contributed by atoms with Gasteiger partial charge in [-0.15, -0.1) is 0 Å². The number of sulfonamides is 1. The van der Waals surface area contributed by atoms with Gasteiger partial charge in [0.05, 0.1) is 12.1 Å². The predicted octanol–water partition coefficient (Wildman–Crippen LogP) is 0.846. The number of furan rings is 1. The highest BCUT2D eigenvalue weighted by Gasteiger charge is 2.29. The van der Waals surface area contributed by atoms with Crippen molar-refractivity contribution in [2.45, 2.75) is 37.0 Å². The third-order valence-corrected chi connectivity index (χ3v) is 4.56. The molecule has 0 radical (unpaired) electrons. The minimum absolute atomic E-state index is 0.0601. The predicted molar refractivity (Wildman–Crippen MR) is 70.3 cm³/mol. The van der Waals surface area contributed by atoms with Gasteiger partial charge in [-0.25, -0.2) is 13.1 Å². The lowest BCUT2D eigenvalue weighted by Gasteiger charge is -2.23. The molecule has 1 unspecified atom stereocenters. The van der Waals surface area contributed by atoms with Gasteiger partial charge in [0.25, 0.3) is 10.0 Å². The maximum atomic E-state index is 11.5. The van der Waals surface area contributed by atoms with Crippen LogP contribution in [0.3, 0.4) is 0 Å². The van der Waals surface area contributed by atoms with Crippen molar-refractivity contribution < 1.29 is 17.6 Å². The Hall–Kier alpha value is -0.890. The Morgan fingerprint density at radius 2 is 2.21 bits per heavy atom. The topological polar surface area (TPSA) is 80.6 Å². The van der Waals surface area contributed by atoms with E-state index in [-0.39, 0.29) is 10.7 Å². The molecular formula is C12H20N2O4S. The van der Waals surface area contributed by atoms with Gasteiger partial charge >= 0.3 is 0 Å². The van der Waals surface area contributed by atoms with Gasteiger partial charge in [-0.1, -0.05) is 0 Å². The molecular weight excluding hydrogens is 268 g/mol. The molecule has 1 aliphatic heterocycles. The van der Waals surface area contributed by atoms with Gasteiger partial charge in [-0.3, -0.25) is 0 Å². The fourth-order valence-corrected chi connectivity index (χ4v) is 2.79. The lowest BCUT2D eigenvalue weighted by molar-refractivity contribution is 0.0203. The first kappa shape index (κ1) is 14.5. The molecule has 2 rings (SSSR count). The van der Waals surface area contributed by atoms with E-state index in [1.165, 1.54) is 13.1 Å². The summed E-state index contributed by atoms with van der Waals surface area (Å²) >= 11 is 0. The Labute approximate surface area is 113 Å². The SMILES string of the molecule is CNS(=O)(=O)c1ccc(CNCC2(C)CCCO2)o1. The van der Waals surface area contributed by atoms with E-state index in [1.54, 1.807) is 6.07 Å². The van der Waals surface area contributed by atoms with Gasteiger partial charge in [0, 0.05) is 13.2 Å². The molecule has 1 fully saturated rings. The first-order valence-corrected chi connectivity index (χ1v) is 7.80. The number of nitrogens with one attached hydrogen (secondary N) is 2. The van der Waals surface area contributed by atoms with E-state index >= 15 is 0 Å². The van der Waals surface area contributed by atoms with Gasteiger partial charge in [0.2, 0.25) is 5.09 Å². The van der Waals surface area contributed by atoms with Crippen molar-refractivity contribution in [2.24, 2.45) is 0 Å². The van der Waals surface area contributed by atoms with Gasteiger partial charge in [-0.2, -0.15) is 0 Å². The van der Waals surface area contributed by atoms with Crippen LogP contribution in [0.2, 0.25) is 0 Å². The summed E-state index contributed by atoms with van der Waals surface area (Å²) in [6.45, 7) is 4.09. The molecule has 0 aliphatic carbocycles. The molecule has 1 atom stereocenters. The Kier molecular flexibility index (Phi) is 4.29. The van der Waals surface area contributed by atoms with Crippen LogP contribution >= 0.6 is 0 Å². The Morgan fingerprint density at radius 1 is 1.42 bits per heavy atom. The van der Waals surface area contributed by atoms with Crippen molar-refractivity contribution in [1.29, 1.82) is 0 Å².